The molecule has 2 aromatic carbocycles. The number of esters is 1. The van der Waals surface area contributed by atoms with Gasteiger partial charge in [-0.2, -0.15) is 5.10 Å². The monoisotopic (exact) mass is 420 g/mol. The average Bonchev–Trinajstić information content (AvgIpc) is 2.77. The number of aromatic nitrogens is 2. The second-order valence-electron chi connectivity index (χ2n) is 6.73. The lowest BCUT2D eigenvalue weighted by molar-refractivity contribution is 0.0600. The number of carbonyl (C=O) groups excluding carboxylic acids is 1. The molecule has 0 aliphatic rings. The molecule has 0 aliphatic carbocycles. The molecule has 8 nitrogen and oxygen atoms in total. The zero-order valence-electron chi connectivity index (χ0n) is 17.9. The highest BCUT2D eigenvalue weighted by atomic mass is 16.5. The highest BCUT2D eigenvalue weighted by Gasteiger charge is 2.08. The molecule has 160 valence electrons. The smallest absolute Gasteiger partial charge is 0.337 e. The van der Waals surface area contributed by atoms with Gasteiger partial charge in [-0.05, 0) is 61.4 Å². The van der Waals surface area contributed by atoms with Crippen LogP contribution in [0.3, 0.4) is 0 Å². The fourth-order valence-electron chi connectivity index (χ4n) is 2.84. The van der Waals surface area contributed by atoms with Gasteiger partial charge in [0.05, 0.1) is 26.0 Å². The average molecular weight is 420 g/mol. The minimum absolute atomic E-state index is 0.330. The van der Waals surface area contributed by atoms with Gasteiger partial charge in [0.25, 0.3) is 0 Å². The van der Waals surface area contributed by atoms with E-state index < -0.39 is 0 Å². The van der Waals surface area contributed by atoms with Gasteiger partial charge in [-0.3, -0.25) is 0 Å². The number of anilines is 1. The van der Waals surface area contributed by atoms with Crippen LogP contribution >= 0.6 is 0 Å². The van der Waals surface area contributed by atoms with E-state index in [9.17, 15) is 4.79 Å². The van der Waals surface area contributed by atoms with Gasteiger partial charge < -0.3 is 14.2 Å². The van der Waals surface area contributed by atoms with Crippen molar-refractivity contribution in [1.29, 1.82) is 0 Å². The number of nitrogens with one attached hydrogen (secondary N) is 1. The number of methoxy groups -OCH3 is 2. The van der Waals surface area contributed by atoms with E-state index in [2.05, 4.69) is 20.5 Å². The molecule has 0 atom stereocenters. The molecule has 0 saturated carbocycles. The fourth-order valence-corrected chi connectivity index (χ4v) is 2.84. The first-order valence-electron chi connectivity index (χ1n) is 9.58. The summed E-state index contributed by atoms with van der Waals surface area (Å²) >= 11 is 0. The molecule has 8 heteroatoms. The van der Waals surface area contributed by atoms with Gasteiger partial charge in [-0.25, -0.2) is 20.2 Å². The third kappa shape index (κ3) is 6.02. The molecule has 31 heavy (non-hydrogen) atoms. The summed E-state index contributed by atoms with van der Waals surface area (Å²) in [5.74, 6) is 1.25. The Balaban J connectivity index is 1.63. The number of nitrogens with zero attached hydrogens (tertiary/aromatic N) is 3. The first-order valence-corrected chi connectivity index (χ1v) is 9.58. The zero-order valence-corrected chi connectivity index (χ0v) is 17.9. The van der Waals surface area contributed by atoms with Gasteiger partial charge in [0.15, 0.2) is 11.5 Å². The maximum atomic E-state index is 11.5. The highest BCUT2D eigenvalue weighted by molar-refractivity contribution is 5.89. The molecule has 3 aromatic rings. The minimum atomic E-state index is -0.370. The first-order chi connectivity index (χ1) is 15.0. The van der Waals surface area contributed by atoms with E-state index >= 15 is 0 Å². The number of carbonyl (C=O) groups is 1. The van der Waals surface area contributed by atoms with Crippen molar-refractivity contribution in [1.82, 2.24) is 9.97 Å². The van der Waals surface area contributed by atoms with Gasteiger partial charge in [0.1, 0.15) is 6.61 Å². The Labute approximate surface area is 180 Å². The number of ether oxygens (including phenoxy) is 3. The SMILES string of the molecule is COC(=O)c1ccc(COc2ccc(C=NNc3nc(C)cc(C)n3)cc2OC)cc1. The predicted molar refractivity (Wildman–Crippen MR) is 118 cm³/mol. The lowest BCUT2D eigenvalue weighted by Crippen LogP contribution is -2.02. The summed E-state index contributed by atoms with van der Waals surface area (Å²) in [6.45, 7) is 4.14. The Hall–Kier alpha value is -3.94. The van der Waals surface area contributed by atoms with Crippen LogP contribution in [-0.2, 0) is 11.3 Å². The summed E-state index contributed by atoms with van der Waals surface area (Å²) in [4.78, 5) is 20.1. The third-order valence-electron chi connectivity index (χ3n) is 4.32. The van der Waals surface area contributed by atoms with Gasteiger partial charge in [0, 0.05) is 11.4 Å². The third-order valence-corrected chi connectivity index (χ3v) is 4.32. The number of rotatable bonds is 8. The van der Waals surface area contributed by atoms with Crippen LogP contribution in [0.5, 0.6) is 11.5 Å². The summed E-state index contributed by atoms with van der Waals surface area (Å²) < 4.78 is 16.0. The lowest BCUT2D eigenvalue weighted by atomic mass is 10.1. The standard InChI is InChI=1S/C23H24N4O4/c1-15-11-16(2)26-23(25-15)27-24-13-18-7-10-20(21(12-18)29-3)31-14-17-5-8-19(9-6-17)22(28)30-4/h5-13H,14H2,1-4H3,(H,25,26,27). The number of benzene rings is 2. The van der Waals surface area contributed by atoms with Crippen LogP contribution in [0, 0.1) is 13.8 Å². The van der Waals surface area contributed by atoms with Crippen LogP contribution in [0.15, 0.2) is 53.6 Å². The van der Waals surface area contributed by atoms with Crippen LogP contribution in [0.25, 0.3) is 0 Å². The molecule has 0 saturated heterocycles. The van der Waals surface area contributed by atoms with Gasteiger partial charge in [0.2, 0.25) is 5.95 Å². The summed E-state index contributed by atoms with van der Waals surface area (Å²) in [6.07, 6.45) is 1.65. The first kappa shape index (κ1) is 21.8. The van der Waals surface area contributed by atoms with Crippen molar-refractivity contribution in [3.63, 3.8) is 0 Å². The maximum absolute atomic E-state index is 11.5. The van der Waals surface area contributed by atoms with E-state index in [0.717, 1.165) is 22.5 Å². The molecule has 0 bridgehead atoms. The van der Waals surface area contributed by atoms with Crippen LogP contribution in [-0.4, -0.2) is 36.4 Å². The van der Waals surface area contributed by atoms with Gasteiger partial charge >= 0.3 is 5.97 Å². The van der Waals surface area contributed by atoms with E-state index in [1.54, 1.807) is 25.5 Å². The van der Waals surface area contributed by atoms with E-state index in [0.29, 0.717) is 29.6 Å². The molecule has 0 spiro atoms. The summed E-state index contributed by atoms with van der Waals surface area (Å²) in [5, 5.41) is 4.19. The van der Waals surface area contributed by atoms with E-state index in [4.69, 9.17) is 14.2 Å². The number of hydrazone groups is 1. The lowest BCUT2D eigenvalue weighted by Gasteiger charge is -2.11. The molecule has 0 unspecified atom stereocenters. The fraction of sp³-hybridized carbons (Fsp3) is 0.217. The van der Waals surface area contributed by atoms with Crippen LogP contribution in [0.2, 0.25) is 0 Å². The molecular formula is C23H24N4O4. The zero-order chi connectivity index (χ0) is 22.2. The molecule has 1 heterocycles. The number of hydrogen-bond donors (Lipinski definition) is 1. The van der Waals surface area contributed by atoms with E-state index in [1.165, 1.54) is 7.11 Å². The van der Waals surface area contributed by atoms with E-state index in [1.807, 2.05) is 50.2 Å². The van der Waals surface area contributed by atoms with Gasteiger partial charge in [-0.1, -0.05) is 12.1 Å². The van der Waals surface area contributed by atoms with Crippen molar-refractivity contribution in [3.05, 3.63) is 76.6 Å². The summed E-state index contributed by atoms with van der Waals surface area (Å²) in [5.41, 5.74) is 6.80. The number of hydrogen-bond acceptors (Lipinski definition) is 8. The van der Waals surface area contributed by atoms with Gasteiger partial charge in [-0.15, -0.1) is 0 Å². The summed E-state index contributed by atoms with van der Waals surface area (Å²) in [7, 11) is 2.93. The van der Waals surface area contributed by atoms with Crippen molar-refractivity contribution < 1.29 is 19.0 Å². The van der Waals surface area contributed by atoms with Crippen LogP contribution in [0.4, 0.5) is 5.95 Å². The molecule has 0 amide bonds. The molecule has 0 radical (unpaired) electrons. The second-order valence-corrected chi connectivity index (χ2v) is 6.73. The minimum Gasteiger partial charge on any atom is -0.493 e. The maximum Gasteiger partial charge on any atom is 0.337 e. The normalized spacial score (nSPS) is 10.7. The molecular weight excluding hydrogens is 396 g/mol. The second kappa shape index (κ2) is 10.2. The summed E-state index contributed by atoms with van der Waals surface area (Å²) in [6, 6.07) is 14.4. The molecule has 1 aromatic heterocycles. The molecule has 1 N–H and O–H groups in total. The Morgan fingerprint density at radius 2 is 1.71 bits per heavy atom. The quantitative estimate of drug-likeness (QED) is 0.335. The van der Waals surface area contributed by atoms with Crippen molar-refractivity contribution in [2.75, 3.05) is 19.6 Å². The van der Waals surface area contributed by atoms with Crippen LogP contribution in [0.1, 0.15) is 32.9 Å². The Bertz CT molecular complexity index is 1060. The highest BCUT2D eigenvalue weighted by Crippen LogP contribution is 2.28. The van der Waals surface area contributed by atoms with Crippen molar-refractivity contribution >= 4 is 18.1 Å². The van der Waals surface area contributed by atoms with Crippen molar-refractivity contribution in [2.45, 2.75) is 20.5 Å². The molecule has 0 fully saturated rings. The van der Waals surface area contributed by atoms with Crippen molar-refractivity contribution in [2.24, 2.45) is 5.10 Å². The predicted octanol–water partition coefficient (Wildman–Crippen LogP) is 3.91. The topological polar surface area (TPSA) is 94.9 Å². The van der Waals surface area contributed by atoms with Crippen LogP contribution < -0.4 is 14.9 Å². The molecule has 0 aliphatic heterocycles. The largest absolute Gasteiger partial charge is 0.493 e. The number of aryl methyl sites for hydroxylation is 2. The van der Waals surface area contributed by atoms with Crippen molar-refractivity contribution in [3.8, 4) is 11.5 Å². The Kier molecular flexibility index (Phi) is 7.16. The molecule has 3 rings (SSSR count). The Morgan fingerprint density at radius 3 is 2.35 bits per heavy atom. The Morgan fingerprint density at radius 1 is 1.00 bits per heavy atom. The van der Waals surface area contributed by atoms with E-state index in [-0.39, 0.29) is 5.97 Å².